The van der Waals surface area contributed by atoms with Crippen molar-refractivity contribution < 1.29 is 27.8 Å². The molecule has 2 N–H and O–H groups in total. The SMILES string of the molecule is CC(C#N)(COc1ccccc1C(F)(F)F)NC(=O)c1ccc(C(O)c2ccccc2)cc1. The molecule has 0 spiro atoms. The Bertz CT molecular complexity index is 1140. The predicted molar refractivity (Wildman–Crippen MR) is 115 cm³/mol. The third-order valence-corrected chi connectivity index (χ3v) is 4.95. The molecule has 8 heteroatoms. The fourth-order valence-electron chi connectivity index (χ4n) is 3.11. The van der Waals surface area contributed by atoms with E-state index in [1.165, 1.54) is 31.2 Å². The van der Waals surface area contributed by atoms with Crippen LogP contribution in [-0.4, -0.2) is 23.2 Å². The van der Waals surface area contributed by atoms with Gasteiger partial charge in [0.25, 0.3) is 5.91 Å². The number of hydrogen-bond acceptors (Lipinski definition) is 4. The summed E-state index contributed by atoms with van der Waals surface area (Å²) in [5.74, 6) is -1.03. The molecule has 0 aliphatic carbocycles. The van der Waals surface area contributed by atoms with Gasteiger partial charge in [-0.1, -0.05) is 54.6 Å². The molecule has 0 saturated heterocycles. The lowest BCUT2D eigenvalue weighted by Crippen LogP contribution is -2.49. The standard InChI is InChI=1S/C25H21F3N2O3/c1-24(15-29,16-33-21-10-6-5-9-20(21)25(26,27)28)30-23(32)19-13-11-18(12-14-19)22(31)17-7-3-2-4-8-17/h2-14,22,31H,16H2,1H3,(H,30,32). The zero-order valence-corrected chi connectivity index (χ0v) is 17.6. The van der Waals surface area contributed by atoms with Gasteiger partial charge >= 0.3 is 6.18 Å². The number of carbonyl (C=O) groups is 1. The topological polar surface area (TPSA) is 82.3 Å². The Kier molecular flexibility index (Phi) is 7.04. The number of nitriles is 1. The molecule has 1 amide bonds. The van der Waals surface area contributed by atoms with Gasteiger partial charge in [-0.3, -0.25) is 4.79 Å². The van der Waals surface area contributed by atoms with E-state index in [2.05, 4.69) is 5.32 Å². The quantitative estimate of drug-likeness (QED) is 0.533. The summed E-state index contributed by atoms with van der Waals surface area (Å²) in [6.07, 6.45) is -5.48. The van der Waals surface area contributed by atoms with Gasteiger partial charge in [-0.05, 0) is 42.3 Å². The Morgan fingerprint density at radius 3 is 2.18 bits per heavy atom. The van der Waals surface area contributed by atoms with E-state index in [0.717, 1.165) is 12.1 Å². The van der Waals surface area contributed by atoms with Crippen LogP contribution in [0.25, 0.3) is 0 Å². The summed E-state index contributed by atoms with van der Waals surface area (Å²) in [4.78, 5) is 12.6. The first-order valence-corrected chi connectivity index (χ1v) is 9.99. The van der Waals surface area contributed by atoms with Gasteiger partial charge < -0.3 is 15.2 Å². The fraction of sp³-hybridized carbons (Fsp3) is 0.200. The second-order valence-corrected chi connectivity index (χ2v) is 7.62. The molecule has 0 heterocycles. The van der Waals surface area contributed by atoms with Crippen molar-refractivity contribution in [3.63, 3.8) is 0 Å². The number of benzene rings is 3. The molecule has 33 heavy (non-hydrogen) atoms. The van der Waals surface area contributed by atoms with E-state index in [0.29, 0.717) is 11.1 Å². The van der Waals surface area contributed by atoms with Crippen LogP contribution in [0, 0.1) is 11.3 Å². The molecular weight excluding hydrogens is 433 g/mol. The molecule has 0 bridgehead atoms. The van der Waals surface area contributed by atoms with Crippen molar-refractivity contribution in [2.24, 2.45) is 0 Å². The van der Waals surface area contributed by atoms with Crippen molar-refractivity contribution in [3.05, 3.63) is 101 Å². The molecule has 2 unspecified atom stereocenters. The number of rotatable bonds is 7. The molecule has 0 fully saturated rings. The van der Waals surface area contributed by atoms with Crippen LogP contribution in [-0.2, 0) is 6.18 Å². The summed E-state index contributed by atoms with van der Waals surface area (Å²) >= 11 is 0. The summed E-state index contributed by atoms with van der Waals surface area (Å²) in [5.41, 5.74) is -1.06. The Balaban J connectivity index is 1.69. The van der Waals surface area contributed by atoms with Crippen LogP contribution in [0.4, 0.5) is 13.2 Å². The molecule has 3 aromatic rings. The lowest BCUT2D eigenvalue weighted by Gasteiger charge is -2.24. The van der Waals surface area contributed by atoms with E-state index in [-0.39, 0.29) is 5.56 Å². The molecule has 0 aromatic heterocycles. The second-order valence-electron chi connectivity index (χ2n) is 7.62. The van der Waals surface area contributed by atoms with Gasteiger partial charge in [-0.15, -0.1) is 0 Å². The van der Waals surface area contributed by atoms with E-state index in [1.54, 1.807) is 36.4 Å². The first-order valence-electron chi connectivity index (χ1n) is 9.99. The highest BCUT2D eigenvalue weighted by atomic mass is 19.4. The number of amides is 1. The zero-order valence-electron chi connectivity index (χ0n) is 17.6. The normalized spacial score (nSPS) is 13.9. The molecule has 0 aliphatic heterocycles. The number of hydrogen-bond donors (Lipinski definition) is 2. The molecule has 0 aliphatic rings. The number of carbonyl (C=O) groups excluding carboxylic acids is 1. The van der Waals surface area contributed by atoms with Crippen molar-refractivity contribution >= 4 is 5.91 Å². The zero-order chi connectivity index (χ0) is 24.1. The average molecular weight is 454 g/mol. The lowest BCUT2D eigenvalue weighted by molar-refractivity contribution is -0.139. The van der Waals surface area contributed by atoms with Crippen LogP contribution in [0.1, 0.15) is 40.1 Å². The number of nitrogens with zero attached hydrogens (tertiary/aromatic N) is 1. The number of ether oxygens (including phenoxy) is 1. The van der Waals surface area contributed by atoms with Crippen molar-refractivity contribution in [3.8, 4) is 11.8 Å². The molecule has 0 saturated carbocycles. The largest absolute Gasteiger partial charge is 0.489 e. The van der Waals surface area contributed by atoms with E-state index in [1.807, 2.05) is 12.1 Å². The van der Waals surface area contributed by atoms with Crippen LogP contribution < -0.4 is 10.1 Å². The Labute approximate surface area is 189 Å². The first-order chi connectivity index (χ1) is 15.6. The van der Waals surface area contributed by atoms with E-state index in [4.69, 9.17) is 4.74 Å². The van der Waals surface area contributed by atoms with Gasteiger partial charge in [-0.2, -0.15) is 18.4 Å². The molecule has 0 radical (unpaired) electrons. The monoisotopic (exact) mass is 454 g/mol. The minimum absolute atomic E-state index is 0.219. The summed E-state index contributed by atoms with van der Waals surface area (Å²) in [6.45, 7) is 0.863. The summed E-state index contributed by atoms with van der Waals surface area (Å²) in [6, 6.07) is 21.7. The third-order valence-electron chi connectivity index (χ3n) is 4.95. The van der Waals surface area contributed by atoms with E-state index in [9.17, 15) is 28.3 Å². The maximum Gasteiger partial charge on any atom is 0.419 e. The summed E-state index contributed by atoms with van der Waals surface area (Å²) in [5, 5.41) is 22.5. The van der Waals surface area contributed by atoms with Gasteiger partial charge in [0.15, 0.2) is 5.54 Å². The molecule has 3 rings (SSSR count). The summed E-state index contributed by atoms with van der Waals surface area (Å²) < 4.78 is 44.7. The van der Waals surface area contributed by atoms with Crippen LogP contribution in [0.3, 0.4) is 0 Å². The number of alkyl halides is 3. The number of aliphatic hydroxyl groups excluding tert-OH is 1. The Morgan fingerprint density at radius 1 is 1.00 bits per heavy atom. The van der Waals surface area contributed by atoms with Crippen molar-refractivity contribution in [2.45, 2.75) is 24.7 Å². The molecular formula is C25H21F3N2O3. The highest BCUT2D eigenvalue weighted by Crippen LogP contribution is 2.36. The summed E-state index contributed by atoms with van der Waals surface area (Å²) in [7, 11) is 0. The Morgan fingerprint density at radius 2 is 1.58 bits per heavy atom. The smallest absolute Gasteiger partial charge is 0.419 e. The highest BCUT2D eigenvalue weighted by molar-refractivity contribution is 5.95. The van der Waals surface area contributed by atoms with Gasteiger partial charge in [0.1, 0.15) is 18.5 Å². The first kappa shape index (κ1) is 23.8. The van der Waals surface area contributed by atoms with Crippen LogP contribution in [0.2, 0.25) is 0 Å². The Hall–Kier alpha value is -3.83. The fourth-order valence-corrected chi connectivity index (χ4v) is 3.11. The van der Waals surface area contributed by atoms with Crippen LogP contribution in [0.5, 0.6) is 5.75 Å². The predicted octanol–water partition coefficient (Wildman–Crippen LogP) is 4.88. The van der Waals surface area contributed by atoms with Crippen molar-refractivity contribution in [1.29, 1.82) is 5.26 Å². The van der Waals surface area contributed by atoms with Crippen molar-refractivity contribution in [1.82, 2.24) is 5.32 Å². The molecule has 170 valence electrons. The number of halogens is 3. The lowest BCUT2D eigenvalue weighted by atomic mass is 9.99. The van der Waals surface area contributed by atoms with E-state index >= 15 is 0 Å². The molecule has 3 aromatic carbocycles. The van der Waals surface area contributed by atoms with Crippen LogP contribution >= 0.6 is 0 Å². The number of para-hydroxylation sites is 1. The van der Waals surface area contributed by atoms with Gasteiger partial charge in [0, 0.05) is 5.56 Å². The van der Waals surface area contributed by atoms with E-state index < -0.39 is 41.6 Å². The maximum absolute atomic E-state index is 13.1. The van der Waals surface area contributed by atoms with Gasteiger partial charge in [-0.25, -0.2) is 0 Å². The number of nitrogens with one attached hydrogen (secondary N) is 1. The third kappa shape index (κ3) is 5.90. The maximum atomic E-state index is 13.1. The minimum atomic E-state index is -4.62. The number of aliphatic hydroxyl groups is 1. The molecule has 5 nitrogen and oxygen atoms in total. The van der Waals surface area contributed by atoms with Crippen molar-refractivity contribution in [2.75, 3.05) is 6.61 Å². The second kappa shape index (κ2) is 9.76. The molecule has 2 atom stereocenters. The highest BCUT2D eigenvalue weighted by Gasteiger charge is 2.35. The van der Waals surface area contributed by atoms with Gasteiger partial charge in [0.2, 0.25) is 0 Å². The van der Waals surface area contributed by atoms with Gasteiger partial charge in [0.05, 0.1) is 11.6 Å². The minimum Gasteiger partial charge on any atom is -0.489 e. The average Bonchev–Trinajstić information content (AvgIpc) is 2.82. The van der Waals surface area contributed by atoms with Crippen LogP contribution in [0.15, 0.2) is 78.9 Å².